The summed E-state index contributed by atoms with van der Waals surface area (Å²) in [5.41, 5.74) is 6.42. The topological polar surface area (TPSA) is 59.5 Å². The Morgan fingerprint density at radius 1 is 1.50 bits per heavy atom. The quantitative estimate of drug-likeness (QED) is 0.898. The lowest BCUT2D eigenvalue weighted by molar-refractivity contribution is 0.0621. The first kappa shape index (κ1) is 15.1. The van der Waals surface area contributed by atoms with Gasteiger partial charge in [-0.15, -0.1) is 12.4 Å². The molecule has 0 saturated carbocycles. The van der Waals surface area contributed by atoms with Crippen LogP contribution in [0.5, 0.6) is 0 Å². The molecule has 4 nitrogen and oxygen atoms in total. The van der Waals surface area contributed by atoms with E-state index in [0.717, 1.165) is 31.6 Å². The SMILES string of the molecule is Cc1cc(C(=O)N2CCCCC2CN)c(C)o1.Cl. The number of rotatable bonds is 2. The Kier molecular flexibility index (Phi) is 5.23. The van der Waals surface area contributed by atoms with E-state index in [9.17, 15) is 4.79 Å². The maximum absolute atomic E-state index is 12.4. The largest absolute Gasteiger partial charge is 0.466 e. The second-order valence-electron chi connectivity index (χ2n) is 4.71. The van der Waals surface area contributed by atoms with Crippen molar-refractivity contribution in [1.82, 2.24) is 4.90 Å². The summed E-state index contributed by atoms with van der Waals surface area (Å²) < 4.78 is 5.42. The van der Waals surface area contributed by atoms with Crippen LogP contribution in [-0.4, -0.2) is 29.9 Å². The Labute approximate surface area is 114 Å². The molecule has 0 bridgehead atoms. The fourth-order valence-corrected chi connectivity index (χ4v) is 2.51. The molecule has 1 amide bonds. The Hall–Kier alpha value is -1.000. The van der Waals surface area contributed by atoms with E-state index in [4.69, 9.17) is 10.2 Å². The van der Waals surface area contributed by atoms with Gasteiger partial charge in [0, 0.05) is 19.1 Å². The lowest BCUT2D eigenvalue weighted by Crippen LogP contribution is -2.47. The average Bonchev–Trinajstić information content (AvgIpc) is 2.67. The van der Waals surface area contributed by atoms with Crippen LogP contribution in [0.15, 0.2) is 10.5 Å². The van der Waals surface area contributed by atoms with Gasteiger partial charge in [-0.1, -0.05) is 0 Å². The minimum absolute atomic E-state index is 0. The van der Waals surface area contributed by atoms with Crippen LogP contribution in [0, 0.1) is 13.8 Å². The molecule has 1 aliphatic rings. The summed E-state index contributed by atoms with van der Waals surface area (Å²) in [6, 6.07) is 2.01. The van der Waals surface area contributed by atoms with Crippen molar-refractivity contribution in [2.75, 3.05) is 13.1 Å². The van der Waals surface area contributed by atoms with Crippen molar-refractivity contribution in [3.05, 3.63) is 23.2 Å². The predicted molar refractivity (Wildman–Crippen MR) is 73.2 cm³/mol. The number of furan rings is 1. The van der Waals surface area contributed by atoms with Gasteiger partial charge in [-0.3, -0.25) is 4.79 Å². The highest BCUT2D eigenvalue weighted by Crippen LogP contribution is 2.22. The van der Waals surface area contributed by atoms with Crippen LogP contribution in [0.3, 0.4) is 0 Å². The lowest BCUT2D eigenvalue weighted by Gasteiger charge is -2.34. The molecule has 0 radical (unpaired) electrons. The highest BCUT2D eigenvalue weighted by molar-refractivity contribution is 5.95. The minimum atomic E-state index is 0. The van der Waals surface area contributed by atoms with E-state index < -0.39 is 0 Å². The number of hydrogen-bond acceptors (Lipinski definition) is 3. The molecule has 1 aromatic heterocycles. The molecule has 2 N–H and O–H groups in total. The van der Waals surface area contributed by atoms with Gasteiger partial charge in [0.2, 0.25) is 0 Å². The second-order valence-corrected chi connectivity index (χ2v) is 4.71. The van der Waals surface area contributed by atoms with E-state index in [-0.39, 0.29) is 24.4 Å². The molecule has 1 saturated heterocycles. The summed E-state index contributed by atoms with van der Waals surface area (Å²) in [5, 5.41) is 0. The number of nitrogens with zero attached hydrogens (tertiary/aromatic N) is 1. The maximum Gasteiger partial charge on any atom is 0.257 e. The molecular formula is C13H21ClN2O2. The molecule has 102 valence electrons. The van der Waals surface area contributed by atoms with Crippen LogP contribution in [-0.2, 0) is 0 Å². The first-order valence-electron chi connectivity index (χ1n) is 6.21. The van der Waals surface area contributed by atoms with E-state index in [1.165, 1.54) is 0 Å². The Morgan fingerprint density at radius 3 is 2.78 bits per heavy atom. The van der Waals surface area contributed by atoms with Gasteiger partial charge in [-0.05, 0) is 39.2 Å². The third kappa shape index (κ3) is 2.87. The van der Waals surface area contributed by atoms with E-state index in [0.29, 0.717) is 17.9 Å². The molecule has 2 rings (SSSR count). The highest BCUT2D eigenvalue weighted by atomic mass is 35.5. The predicted octanol–water partition coefficient (Wildman–Crippen LogP) is 2.27. The molecular weight excluding hydrogens is 252 g/mol. The highest BCUT2D eigenvalue weighted by Gasteiger charge is 2.28. The van der Waals surface area contributed by atoms with Crippen LogP contribution >= 0.6 is 12.4 Å². The molecule has 1 aliphatic heterocycles. The molecule has 5 heteroatoms. The van der Waals surface area contributed by atoms with Crippen LogP contribution in [0.4, 0.5) is 0 Å². The number of hydrogen-bond donors (Lipinski definition) is 1. The van der Waals surface area contributed by atoms with Gasteiger partial charge in [0.25, 0.3) is 5.91 Å². The van der Waals surface area contributed by atoms with Crippen molar-refractivity contribution in [1.29, 1.82) is 0 Å². The standard InChI is InChI=1S/C13H20N2O2.ClH/c1-9-7-12(10(2)17-9)13(16)15-6-4-3-5-11(15)8-14;/h7,11H,3-6,8,14H2,1-2H3;1H. The molecule has 18 heavy (non-hydrogen) atoms. The molecule has 1 aromatic rings. The summed E-state index contributed by atoms with van der Waals surface area (Å²) in [4.78, 5) is 14.3. The summed E-state index contributed by atoms with van der Waals surface area (Å²) in [6.45, 7) is 5.05. The van der Waals surface area contributed by atoms with Crippen LogP contribution in [0.25, 0.3) is 0 Å². The second kappa shape index (κ2) is 6.25. The molecule has 0 spiro atoms. The van der Waals surface area contributed by atoms with Crippen molar-refractivity contribution in [2.24, 2.45) is 5.73 Å². The van der Waals surface area contributed by atoms with Crippen molar-refractivity contribution in [3.8, 4) is 0 Å². The third-order valence-corrected chi connectivity index (χ3v) is 3.43. The number of aryl methyl sites for hydroxylation is 2. The lowest BCUT2D eigenvalue weighted by atomic mass is 10.0. The van der Waals surface area contributed by atoms with Gasteiger partial charge in [0.1, 0.15) is 11.5 Å². The van der Waals surface area contributed by atoms with E-state index in [2.05, 4.69) is 0 Å². The number of nitrogens with two attached hydrogens (primary N) is 1. The summed E-state index contributed by atoms with van der Waals surface area (Å²) in [5.74, 6) is 1.55. The maximum atomic E-state index is 12.4. The molecule has 1 unspecified atom stereocenters. The Balaban J connectivity index is 0.00000162. The number of halogens is 1. The van der Waals surface area contributed by atoms with Crippen molar-refractivity contribution >= 4 is 18.3 Å². The molecule has 0 aliphatic carbocycles. The van der Waals surface area contributed by atoms with Gasteiger partial charge in [-0.25, -0.2) is 0 Å². The zero-order valence-corrected chi connectivity index (χ0v) is 11.8. The molecule has 1 atom stereocenters. The van der Waals surface area contributed by atoms with Crippen molar-refractivity contribution < 1.29 is 9.21 Å². The number of carbonyl (C=O) groups is 1. The fraction of sp³-hybridized carbons (Fsp3) is 0.615. The van der Waals surface area contributed by atoms with Crippen molar-refractivity contribution in [2.45, 2.75) is 39.2 Å². The minimum Gasteiger partial charge on any atom is -0.466 e. The first-order valence-corrected chi connectivity index (χ1v) is 6.21. The van der Waals surface area contributed by atoms with E-state index in [1.807, 2.05) is 24.8 Å². The fourth-order valence-electron chi connectivity index (χ4n) is 2.51. The van der Waals surface area contributed by atoms with Gasteiger partial charge < -0.3 is 15.1 Å². The van der Waals surface area contributed by atoms with E-state index >= 15 is 0 Å². The van der Waals surface area contributed by atoms with Gasteiger partial charge in [-0.2, -0.15) is 0 Å². The summed E-state index contributed by atoms with van der Waals surface area (Å²) in [6.07, 6.45) is 3.24. The average molecular weight is 273 g/mol. The van der Waals surface area contributed by atoms with Crippen LogP contribution < -0.4 is 5.73 Å². The smallest absolute Gasteiger partial charge is 0.257 e. The number of likely N-dealkylation sites (tertiary alicyclic amines) is 1. The van der Waals surface area contributed by atoms with E-state index in [1.54, 1.807) is 0 Å². The van der Waals surface area contributed by atoms with Crippen LogP contribution in [0.2, 0.25) is 0 Å². The Bertz CT molecular complexity index is 417. The molecule has 1 fully saturated rings. The zero-order chi connectivity index (χ0) is 12.4. The van der Waals surface area contributed by atoms with Crippen LogP contribution in [0.1, 0.15) is 41.1 Å². The third-order valence-electron chi connectivity index (χ3n) is 3.43. The van der Waals surface area contributed by atoms with Gasteiger partial charge >= 0.3 is 0 Å². The zero-order valence-electron chi connectivity index (χ0n) is 10.9. The van der Waals surface area contributed by atoms with Crippen molar-refractivity contribution in [3.63, 3.8) is 0 Å². The summed E-state index contributed by atoms with van der Waals surface area (Å²) >= 11 is 0. The number of piperidine rings is 1. The van der Waals surface area contributed by atoms with Gasteiger partial charge in [0.05, 0.1) is 5.56 Å². The first-order chi connectivity index (χ1) is 8.13. The van der Waals surface area contributed by atoms with Gasteiger partial charge in [0.15, 0.2) is 0 Å². The molecule has 0 aromatic carbocycles. The summed E-state index contributed by atoms with van der Waals surface area (Å²) in [7, 11) is 0. The normalized spacial score (nSPS) is 19.5. The number of carbonyl (C=O) groups excluding carboxylic acids is 1. The Morgan fingerprint density at radius 2 is 2.22 bits per heavy atom. The monoisotopic (exact) mass is 272 g/mol. The number of amides is 1. The molecule has 2 heterocycles.